The van der Waals surface area contributed by atoms with E-state index in [4.69, 9.17) is 19.2 Å². The SMILES string of the molecule is CN=C(NCCc1csc(N2CCCC2)n1)Nc1cc(OC)c(OC)c(OC)c1.I. The molecule has 0 aliphatic carbocycles. The molecule has 10 heteroatoms. The molecule has 0 radical (unpaired) electrons. The minimum absolute atomic E-state index is 0. The van der Waals surface area contributed by atoms with Crippen molar-refractivity contribution >= 4 is 52.1 Å². The van der Waals surface area contributed by atoms with Crippen molar-refractivity contribution in [1.82, 2.24) is 10.3 Å². The Balaban J connectivity index is 0.00000320. The van der Waals surface area contributed by atoms with Gasteiger partial charge in [0.15, 0.2) is 22.6 Å². The van der Waals surface area contributed by atoms with Crippen LogP contribution in [0.4, 0.5) is 10.8 Å². The van der Waals surface area contributed by atoms with Crippen LogP contribution in [0.1, 0.15) is 18.5 Å². The van der Waals surface area contributed by atoms with Crippen molar-refractivity contribution in [3.63, 3.8) is 0 Å². The van der Waals surface area contributed by atoms with E-state index in [0.29, 0.717) is 23.2 Å². The number of anilines is 2. The first-order valence-corrected chi connectivity index (χ1v) is 10.5. The third-order valence-electron chi connectivity index (χ3n) is 4.74. The van der Waals surface area contributed by atoms with Crippen molar-refractivity contribution in [3.05, 3.63) is 23.2 Å². The molecule has 0 spiro atoms. The summed E-state index contributed by atoms with van der Waals surface area (Å²) in [6, 6.07) is 3.69. The lowest BCUT2D eigenvalue weighted by molar-refractivity contribution is 0.324. The third kappa shape index (κ3) is 6.03. The Bertz CT molecular complexity index is 815. The van der Waals surface area contributed by atoms with E-state index in [1.165, 1.54) is 12.8 Å². The maximum atomic E-state index is 5.40. The second kappa shape index (κ2) is 12.0. The minimum atomic E-state index is 0. The Labute approximate surface area is 199 Å². The van der Waals surface area contributed by atoms with Crippen LogP contribution in [-0.4, -0.2) is 59.0 Å². The van der Waals surface area contributed by atoms with Crippen LogP contribution in [0, 0.1) is 0 Å². The number of guanidine groups is 1. The molecule has 30 heavy (non-hydrogen) atoms. The van der Waals surface area contributed by atoms with Gasteiger partial charge in [0.25, 0.3) is 0 Å². The van der Waals surface area contributed by atoms with Crippen molar-refractivity contribution in [2.45, 2.75) is 19.3 Å². The number of ether oxygens (including phenoxy) is 3. The monoisotopic (exact) mass is 547 g/mol. The first-order chi connectivity index (χ1) is 14.2. The summed E-state index contributed by atoms with van der Waals surface area (Å²) >= 11 is 1.73. The van der Waals surface area contributed by atoms with Gasteiger partial charge in [-0.3, -0.25) is 4.99 Å². The Morgan fingerprint density at radius 2 is 1.80 bits per heavy atom. The summed E-state index contributed by atoms with van der Waals surface area (Å²) in [7, 11) is 6.51. The molecule has 2 heterocycles. The molecule has 166 valence electrons. The molecule has 0 unspecified atom stereocenters. The third-order valence-corrected chi connectivity index (χ3v) is 5.69. The van der Waals surface area contributed by atoms with E-state index in [9.17, 15) is 0 Å². The lowest BCUT2D eigenvalue weighted by Gasteiger charge is -2.16. The normalized spacial score (nSPS) is 13.6. The summed E-state index contributed by atoms with van der Waals surface area (Å²) in [6.45, 7) is 2.97. The summed E-state index contributed by atoms with van der Waals surface area (Å²) < 4.78 is 16.2. The predicted octanol–water partition coefficient (Wildman–Crippen LogP) is 3.62. The van der Waals surface area contributed by atoms with Gasteiger partial charge < -0.3 is 29.7 Å². The summed E-state index contributed by atoms with van der Waals surface area (Å²) in [6.07, 6.45) is 3.36. The van der Waals surface area contributed by atoms with Gasteiger partial charge in [-0.05, 0) is 12.8 Å². The molecule has 0 atom stereocenters. The fourth-order valence-corrected chi connectivity index (χ4v) is 4.16. The standard InChI is InChI=1S/C20H29N5O3S.HI/c1-21-19(23-15-11-16(26-2)18(28-4)17(12-15)27-3)22-8-7-14-13-29-20(24-14)25-9-5-6-10-25;/h11-13H,5-10H2,1-4H3,(H2,21,22,23);1H. The van der Waals surface area contributed by atoms with Crippen molar-refractivity contribution in [2.75, 3.05) is 58.2 Å². The molecule has 0 amide bonds. The molecule has 2 aromatic rings. The zero-order valence-electron chi connectivity index (χ0n) is 17.9. The zero-order chi connectivity index (χ0) is 20.6. The number of nitrogens with zero attached hydrogens (tertiary/aromatic N) is 3. The van der Waals surface area contributed by atoms with Gasteiger partial charge in [0.2, 0.25) is 5.75 Å². The highest BCUT2D eigenvalue weighted by atomic mass is 127. The van der Waals surface area contributed by atoms with E-state index in [1.54, 1.807) is 39.7 Å². The molecule has 2 N–H and O–H groups in total. The summed E-state index contributed by atoms with van der Waals surface area (Å²) in [5, 5.41) is 9.87. The van der Waals surface area contributed by atoms with E-state index in [1.807, 2.05) is 12.1 Å². The van der Waals surface area contributed by atoms with E-state index >= 15 is 0 Å². The van der Waals surface area contributed by atoms with E-state index in [-0.39, 0.29) is 24.0 Å². The number of halogens is 1. The van der Waals surface area contributed by atoms with E-state index in [0.717, 1.165) is 42.6 Å². The Morgan fingerprint density at radius 3 is 2.37 bits per heavy atom. The lowest BCUT2D eigenvalue weighted by Crippen LogP contribution is -2.32. The lowest BCUT2D eigenvalue weighted by atomic mass is 10.2. The summed E-state index contributed by atoms with van der Waals surface area (Å²) in [5.41, 5.74) is 1.89. The van der Waals surface area contributed by atoms with E-state index in [2.05, 4.69) is 25.9 Å². The number of hydrogen-bond acceptors (Lipinski definition) is 7. The highest BCUT2D eigenvalue weighted by molar-refractivity contribution is 14.0. The zero-order valence-corrected chi connectivity index (χ0v) is 21.0. The number of nitrogens with one attached hydrogen (secondary N) is 2. The second-order valence-electron chi connectivity index (χ2n) is 6.60. The van der Waals surface area contributed by atoms with Crippen LogP contribution in [0.15, 0.2) is 22.5 Å². The molecule has 0 saturated carbocycles. The largest absolute Gasteiger partial charge is 0.493 e. The molecule has 1 aromatic heterocycles. The predicted molar refractivity (Wildman–Crippen MR) is 134 cm³/mol. The number of aliphatic imine (C=N–C) groups is 1. The summed E-state index contributed by atoms with van der Waals surface area (Å²) in [4.78, 5) is 11.4. The molecule has 0 bridgehead atoms. The van der Waals surface area contributed by atoms with Gasteiger partial charge in [0.1, 0.15) is 0 Å². The Morgan fingerprint density at radius 1 is 1.13 bits per heavy atom. The highest BCUT2D eigenvalue weighted by Crippen LogP contribution is 2.39. The van der Waals surface area contributed by atoms with Gasteiger partial charge in [-0.25, -0.2) is 4.98 Å². The maximum Gasteiger partial charge on any atom is 0.203 e. The first kappa shape index (κ1) is 24.3. The number of methoxy groups -OCH3 is 3. The van der Waals surface area contributed by atoms with Crippen molar-refractivity contribution in [3.8, 4) is 17.2 Å². The fourth-order valence-electron chi connectivity index (χ4n) is 3.24. The van der Waals surface area contributed by atoms with Crippen molar-refractivity contribution < 1.29 is 14.2 Å². The van der Waals surface area contributed by atoms with Gasteiger partial charge >= 0.3 is 0 Å². The number of hydrogen-bond donors (Lipinski definition) is 2. The highest BCUT2D eigenvalue weighted by Gasteiger charge is 2.16. The van der Waals surface area contributed by atoms with Crippen LogP contribution in [0.25, 0.3) is 0 Å². The quantitative estimate of drug-likeness (QED) is 0.297. The van der Waals surface area contributed by atoms with Crippen LogP contribution in [-0.2, 0) is 6.42 Å². The topological polar surface area (TPSA) is 80.2 Å². The van der Waals surface area contributed by atoms with Crippen LogP contribution < -0.4 is 29.7 Å². The van der Waals surface area contributed by atoms with Gasteiger partial charge in [0, 0.05) is 56.3 Å². The molecule has 1 aromatic carbocycles. The minimum Gasteiger partial charge on any atom is -0.493 e. The van der Waals surface area contributed by atoms with Crippen LogP contribution in [0.2, 0.25) is 0 Å². The smallest absolute Gasteiger partial charge is 0.203 e. The van der Waals surface area contributed by atoms with Gasteiger partial charge in [0.05, 0.1) is 27.0 Å². The average molecular weight is 547 g/mol. The molecule has 3 rings (SSSR count). The molecular formula is C20H30IN5O3S. The Kier molecular flexibility index (Phi) is 9.76. The molecule has 8 nitrogen and oxygen atoms in total. The number of thiazole rings is 1. The first-order valence-electron chi connectivity index (χ1n) is 9.65. The van der Waals surface area contributed by atoms with Crippen molar-refractivity contribution in [1.29, 1.82) is 0 Å². The average Bonchev–Trinajstić information content (AvgIpc) is 3.44. The van der Waals surface area contributed by atoms with Crippen molar-refractivity contribution in [2.24, 2.45) is 4.99 Å². The molecular weight excluding hydrogens is 517 g/mol. The van der Waals surface area contributed by atoms with Crippen LogP contribution in [0.3, 0.4) is 0 Å². The van der Waals surface area contributed by atoms with Gasteiger partial charge in [-0.2, -0.15) is 0 Å². The molecule has 1 aliphatic heterocycles. The van der Waals surface area contributed by atoms with Gasteiger partial charge in [-0.15, -0.1) is 35.3 Å². The van der Waals surface area contributed by atoms with Gasteiger partial charge in [-0.1, -0.05) is 0 Å². The van der Waals surface area contributed by atoms with E-state index < -0.39 is 0 Å². The molecule has 1 saturated heterocycles. The summed E-state index contributed by atoms with van der Waals surface area (Å²) in [5.74, 6) is 2.39. The number of rotatable bonds is 8. The fraction of sp³-hybridized carbons (Fsp3) is 0.500. The molecule has 1 aliphatic rings. The van der Waals surface area contributed by atoms with Crippen LogP contribution >= 0.6 is 35.3 Å². The Hall–Kier alpha value is -1.95. The second-order valence-corrected chi connectivity index (χ2v) is 7.44. The number of aromatic nitrogens is 1. The maximum absolute atomic E-state index is 5.40. The molecule has 1 fully saturated rings. The number of benzene rings is 1. The van der Waals surface area contributed by atoms with Crippen LogP contribution in [0.5, 0.6) is 17.2 Å².